The van der Waals surface area contributed by atoms with Gasteiger partial charge in [-0.15, -0.1) is 11.8 Å². The van der Waals surface area contributed by atoms with E-state index in [1.807, 2.05) is 13.8 Å². The van der Waals surface area contributed by atoms with E-state index in [1.54, 1.807) is 7.05 Å². The van der Waals surface area contributed by atoms with Crippen molar-refractivity contribution in [3.8, 4) is 0 Å². The number of nitrogens with zero attached hydrogens (tertiary/aromatic N) is 1. The fourth-order valence-corrected chi connectivity index (χ4v) is 1.82. The molecule has 0 saturated heterocycles. The summed E-state index contributed by atoms with van der Waals surface area (Å²) in [4.78, 5) is 11.3. The molecule has 0 rings (SSSR count). The molecule has 0 aromatic rings. The largest absolute Gasteiger partial charge is 0.410 e. The Morgan fingerprint density at radius 3 is 2.54 bits per heavy atom. The number of oxime groups is 1. The molecule has 0 aromatic carbocycles. The zero-order valence-corrected chi connectivity index (χ0v) is 9.02. The lowest BCUT2D eigenvalue weighted by molar-refractivity contribution is -0.122. The Bertz CT molecular complexity index is 195. The molecule has 0 aromatic heterocycles. The molecule has 0 heterocycles. The van der Waals surface area contributed by atoms with Crippen molar-refractivity contribution in [3.05, 3.63) is 0 Å². The molecule has 0 bridgehead atoms. The lowest BCUT2D eigenvalue weighted by atomic mass is 10.1. The highest BCUT2D eigenvalue weighted by Gasteiger charge is 2.21. The highest BCUT2D eigenvalue weighted by atomic mass is 32.2. The van der Waals surface area contributed by atoms with Gasteiger partial charge in [0.25, 0.3) is 0 Å². The van der Waals surface area contributed by atoms with Crippen molar-refractivity contribution in [1.82, 2.24) is 5.32 Å². The Balaban J connectivity index is 4.44. The second-order valence-corrected chi connectivity index (χ2v) is 3.73. The maximum Gasteiger partial charge on any atom is 0.229 e. The number of amides is 1. The molecule has 0 radical (unpaired) electrons. The third kappa shape index (κ3) is 3.67. The topological polar surface area (TPSA) is 61.7 Å². The van der Waals surface area contributed by atoms with Gasteiger partial charge in [-0.05, 0) is 12.2 Å². The fraction of sp³-hybridized carbons (Fsp3) is 0.750. The molecule has 1 unspecified atom stereocenters. The van der Waals surface area contributed by atoms with Crippen LogP contribution >= 0.6 is 11.8 Å². The molecule has 0 fully saturated rings. The number of nitrogens with one attached hydrogen (secondary N) is 1. The quantitative estimate of drug-likeness (QED) is 0.314. The maximum absolute atomic E-state index is 11.3. The summed E-state index contributed by atoms with van der Waals surface area (Å²) in [6, 6.07) is 0. The summed E-state index contributed by atoms with van der Waals surface area (Å²) in [6.07, 6.45) is 0.645. The first-order chi connectivity index (χ1) is 6.21. The van der Waals surface area contributed by atoms with Crippen LogP contribution in [0.5, 0.6) is 0 Å². The Hall–Kier alpha value is -0.710. The molecule has 0 aliphatic rings. The number of rotatable bonds is 4. The second-order valence-electron chi connectivity index (χ2n) is 2.45. The van der Waals surface area contributed by atoms with E-state index < -0.39 is 0 Å². The van der Waals surface area contributed by atoms with Crippen LogP contribution in [0.3, 0.4) is 0 Å². The summed E-state index contributed by atoms with van der Waals surface area (Å²) in [5.74, 6) is 0.378. The van der Waals surface area contributed by atoms with E-state index in [0.29, 0.717) is 11.5 Å². The van der Waals surface area contributed by atoms with Gasteiger partial charge in [-0.25, -0.2) is 0 Å². The average Bonchev–Trinajstić information content (AvgIpc) is 2.17. The van der Waals surface area contributed by atoms with Crippen molar-refractivity contribution in [2.24, 2.45) is 11.1 Å². The zero-order chi connectivity index (χ0) is 10.3. The van der Waals surface area contributed by atoms with E-state index in [9.17, 15) is 4.79 Å². The van der Waals surface area contributed by atoms with Crippen LogP contribution in [-0.4, -0.2) is 29.0 Å². The van der Waals surface area contributed by atoms with Crippen molar-refractivity contribution in [3.63, 3.8) is 0 Å². The minimum absolute atomic E-state index is 0.101. The van der Waals surface area contributed by atoms with Gasteiger partial charge in [-0.1, -0.05) is 19.0 Å². The summed E-state index contributed by atoms with van der Waals surface area (Å²) in [7, 11) is 1.58. The third-order valence-corrected chi connectivity index (χ3v) is 2.61. The Morgan fingerprint density at radius 2 is 2.23 bits per heavy atom. The summed E-state index contributed by atoms with van der Waals surface area (Å²) in [5, 5.41) is 14.9. The first-order valence-corrected chi connectivity index (χ1v) is 5.26. The Labute approximate surface area is 82.8 Å². The SMILES string of the molecule is CCS/C(=N\O)C(CC)C(=O)NC. The molecule has 13 heavy (non-hydrogen) atoms. The van der Waals surface area contributed by atoms with E-state index >= 15 is 0 Å². The highest BCUT2D eigenvalue weighted by molar-refractivity contribution is 8.14. The van der Waals surface area contributed by atoms with Crippen molar-refractivity contribution >= 4 is 22.7 Å². The number of thioether (sulfide) groups is 1. The van der Waals surface area contributed by atoms with Gasteiger partial charge in [0, 0.05) is 7.05 Å². The molecule has 1 amide bonds. The highest BCUT2D eigenvalue weighted by Crippen LogP contribution is 2.16. The summed E-state index contributed by atoms with van der Waals surface area (Å²) < 4.78 is 0. The molecule has 5 heteroatoms. The first-order valence-electron chi connectivity index (χ1n) is 4.27. The molecular weight excluding hydrogens is 188 g/mol. The number of carbonyl (C=O) groups is 1. The molecule has 0 saturated carbocycles. The van der Waals surface area contributed by atoms with E-state index in [1.165, 1.54) is 11.8 Å². The number of hydrogen-bond acceptors (Lipinski definition) is 4. The standard InChI is InChI=1S/C8H16N2O2S/c1-4-6(7(11)9-3)8(10-12)13-5-2/h6,12H,4-5H2,1-3H3,(H,9,11)/b10-8-. The summed E-state index contributed by atoms with van der Waals surface area (Å²) in [5.41, 5.74) is 0. The van der Waals surface area contributed by atoms with Crippen molar-refractivity contribution < 1.29 is 10.0 Å². The fourth-order valence-electron chi connectivity index (χ4n) is 0.993. The minimum atomic E-state index is -0.319. The van der Waals surface area contributed by atoms with Gasteiger partial charge in [-0.2, -0.15) is 0 Å². The predicted molar refractivity (Wildman–Crippen MR) is 55.2 cm³/mol. The van der Waals surface area contributed by atoms with Crippen LogP contribution in [0.1, 0.15) is 20.3 Å². The van der Waals surface area contributed by atoms with Crippen molar-refractivity contribution in [2.75, 3.05) is 12.8 Å². The van der Waals surface area contributed by atoms with Crippen LogP contribution in [0, 0.1) is 5.92 Å². The second kappa shape index (κ2) is 6.77. The number of hydrogen-bond donors (Lipinski definition) is 2. The minimum Gasteiger partial charge on any atom is -0.410 e. The van der Waals surface area contributed by atoms with Crippen LogP contribution < -0.4 is 5.32 Å². The zero-order valence-electron chi connectivity index (χ0n) is 8.20. The lowest BCUT2D eigenvalue weighted by Crippen LogP contribution is -2.31. The van der Waals surface area contributed by atoms with Gasteiger partial charge in [0.05, 0.1) is 5.92 Å². The molecule has 76 valence electrons. The van der Waals surface area contributed by atoms with Gasteiger partial charge in [0.1, 0.15) is 5.04 Å². The molecular formula is C8H16N2O2S. The molecule has 1 atom stereocenters. The van der Waals surface area contributed by atoms with Gasteiger partial charge in [-0.3, -0.25) is 4.79 Å². The van der Waals surface area contributed by atoms with Crippen LogP contribution in [0.2, 0.25) is 0 Å². The molecule has 2 N–H and O–H groups in total. The van der Waals surface area contributed by atoms with E-state index in [2.05, 4.69) is 10.5 Å². The summed E-state index contributed by atoms with van der Waals surface area (Å²) >= 11 is 1.39. The molecule has 4 nitrogen and oxygen atoms in total. The van der Waals surface area contributed by atoms with Crippen molar-refractivity contribution in [2.45, 2.75) is 20.3 Å². The average molecular weight is 204 g/mol. The van der Waals surface area contributed by atoms with E-state index in [4.69, 9.17) is 5.21 Å². The van der Waals surface area contributed by atoms with Crippen LogP contribution in [-0.2, 0) is 4.79 Å². The normalized spacial score (nSPS) is 13.9. The van der Waals surface area contributed by atoms with E-state index in [-0.39, 0.29) is 11.8 Å². The summed E-state index contributed by atoms with van der Waals surface area (Å²) in [6.45, 7) is 3.84. The lowest BCUT2D eigenvalue weighted by Gasteiger charge is -2.13. The van der Waals surface area contributed by atoms with Gasteiger partial charge >= 0.3 is 0 Å². The number of carbonyl (C=O) groups excluding carboxylic acids is 1. The van der Waals surface area contributed by atoms with Crippen LogP contribution in [0.25, 0.3) is 0 Å². The van der Waals surface area contributed by atoms with E-state index in [0.717, 1.165) is 5.75 Å². The predicted octanol–water partition coefficient (Wildman–Crippen LogP) is 1.30. The Kier molecular flexibility index (Phi) is 6.40. The van der Waals surface area contributed by atoms with Gasteiger partial charge in [0.15, 0.2) is 0 Å². The van der Waals surface area contributed by atoms with Gasteiger partial charge < -0.3 is 10.5 Å². The van der Waals surface area contributed by atoms with Crippen LogP contribution in [0.15, 0.2) is 5.16 Å². The monoisotopic (exact) mass is 204 g/mol. The van der Waals surface area contributed by atoms with Crippen molar-refractivity contribution in [1.29, 1.82) is 0 Å². The van der Waals surface area contributed by atoms with Gasteiger partial charge in [0.2, 0.25) is 5.91 Å². The molecule has 0 aliphatic heterocycles. The first kappa shape index (κ1) is 12.3. The Morgan fingerprint density at radius 1 is 1.62 bits per heavy atom. The maximum atomic E-state index is 11.3. The molecule has 0 spiro atoms. The molecule has 0 aliphatic carbocycles. The smallest absolute Gasteiger partial charge is 0.229 e. The van der Waals surface area contributed by atoms with Crippen LogP contribution in [0.4, 0.5) is 0 Å². The third-order valence-electron chi connectivity index (χ3n) is 1.66.